The number of carbonyl (C=O) groups excluding carboxylic acids is 1. The molecule has 0 saturated carbocycles. The van der Waals surface area contributed by atoms with Crippen LogP contribution in [0.3, 0.4) is 0 Å². The second-order valence-electron chi connectivity index (χ2n) is 6.26. The molecule has 0 aliphatic heterocycles. The van der Waals surface area contributed by atoms with Crippen LogP contribution in [-0.2, 0) is 11.3 Å². The fourth-order valence-electron chi connectivity index (χ4n) is 2.85. The number of aromatic nitrogens is 1. The third kappa shape index (κ3) is 3.29. The van der Waals surface area contributed by atoms with Crippen molar-refractivity contribution in [2.75, 3.05) is 5.32 Å². The topological polar surface area (TPSA) is 34.0 Å². The van der Waals surface area contributed by atoms with Crippen molar-refractivity contribution in [2.24, 2.45) is 0 Å². The van der Waals surface area contributed by atoms with Gasteiger partial charge in [-0.15, -0.1) is 0 Å². The Morgan fingerprint density at radius 3 is 2.48 bits per heavy atom. The van der Waals surface area contributed by atoms with E-state index < -0.39 is 0 Å². The summed E-state index contributed by atoms with van der Waals surface area (Å²) in [7, 11) is 0. The highest BCUT2D eigenvalue weighted by Crippen LogP contribution is 2.20. The standard InChI is InChI=1S/C20H22N2O/c1-14(2)16-8-10-18(11-9-16)21-20(23)13-22-15(3)12-17-6-4-5-7-19(17)22/h4-12,14H,13H2,1-3H3,(H,21,23). The van der Waals surface area contributed by atoms with E-state index in [9.17, 15) is 4.79 Å². The number of amides is 1. The maximum Gasteiger partial charge on any atom is 0.244 e. The average Bonchev–Trinajstić information content (AvgIpc) is 2.84. The van der Waals surface area contributed by atoms with E-state index in [-0.39, 0.29) is 5.91 Å². The molecule has 3 aromatic rings. The van der Waals surface area contributed by atoms with Crippen LogP contribution in [0.15, 0.2) is 54.6 Å². The molecule has 23 heavy (non-hydrogen) atoms. The summed E-state index contributed by atoms with van der Waals surface area (Å²) in [5.74, 6) is 0.486. The van der Waals surface area contributed by atoms with Gasteiger partial charge in [-0.2, -0.15) is 0 Å². The highest BCUT2D eigenvalue weighted by atomic mass is 16.1. The van der Waals surface area contributed by atoms with Crippen LogP contribution >= 0.6 is 0 Å². The summed E-state index contributed by atoms with van der Waals surface area (Å²) in [6, 6.07) is 18.3. The second-order valence-corrected chi connectivity index (χ2v) is 6.26. The zero-order valence-corrected chi connectivity index (χ0v) is 13.8. The van der Waals surface area contributed by atoms with E-state index in [1.165, 1.54) is 10.9 Å². The summed E-state index contributed by atoms with van der Waals surface area (Å²) in [4.78, 5) is 12.4. The molecule has 3 heteroatoms. The van der Waals surface area contributed by atoms with Gasteiger partial charge in [-0.1, -0.05) is 44.2 Å². The lowest BCUT2D eigenvalue weighted by atomic mass is 10.0. The van der Waals surface area contributed by atoms with Crippen LogP contribution in [0, 0.1) is 6.92 Å². The first kappa shape index (κ1) is 15.3. The van der Waals surface area contributed by atoms with Crippen molar-refractivity contribution >= 4 is 22.5 Å². The van der Waals surface area contributed by atoms with Crippen molar-refractivity contribution in [3.63, 3.8) is 0 Å². The van der Waals surface area contributed by atoms with Crippen molar-refractivity contribution in [2.45, 2.75) is 33.2 Å². The molecule has 0 aliphatic rings. The van der Waals surface area contributed by atoms with E-state index in [1.807, 2.05) is 41.8 Å². The van der Waals surface area contributed by atoms with Crippen molar-refractivity contribution in [1.82, 2.24) is 4.57 Å². The molecule has 1 aromatic heterocycles. The predicted octanol–water partition coefficient (Wildman–Crippen LogP) is 4.71. The van der Waals surface area contributed by atoms with E-state index in [0.29, 0.717) is 12.5 Å². The fourth-order valence-corrected chi connectivity index (χ4v) is 2.85. The summed E-state index contributed by atoms with van der Waals surface area (Å²) in [5.41, 5.74) is 4.30. The maximum absolute atomic E-state index is 12.4. The van der Waals surface area contributed by atoms with Crippen LogP contribution in [-0.4, -0.2) is 10.5 Å². The number of benzene rings is 2. The highest BCUT2D eigenvalue weighted by molar-refractivity contribution is 5.92. The van der Waals surface area contributed by atoms with Gasteiger partial charge in [0.2, 0.25) is 5.91 Å². The zero-order chi connectivity index (χ0) is 16.4. The van der Waals surface area contributed by atoms with Crippen molar-refractivity contribution < 1.29 is 4.79 Å². The largest absolute Gasteiger partial charge is 0.335 e. The Labute approximate surface area is 136 Å². The lowest BCUT2D eigenvalue weighted by Crippen LogP contribution is -2.19. The lowest BCUT2D eigenvalue weighted by Gasteiger charge is -2.11. The molecule has 118 valence electrons. The lowest BCUT2D eigenvalue weighted by molar-refractivity contribution is -0.116. The van der Waals surface area contributed by atoms with Crippen LogP contribution in [0.2, 0.25) is 0 Å². The molecule has 0 bridgehead atoms. The predicted molar refractivity (Wildman–Crippen MR) is 95.8 cm³/mol. The second kappa shape index (κ2) is 6.29. The molecule has 1 heterocycles. The Hall–Kier alpha value is -2.55. The number of nitrogens with zero attached hydrogens (tertiary/aromatic N) is 1. The number of fused-ring (bicyclic) bond motifs is 1. The molecule has 1 N–H and O–H groups in total. The molecule has 0 spiro atoms. The van der Waals surface area contributed by atoms with Crippen molar-refractivity contribution in [1.29, 1.82) is 0 Å². The molecule has 2 aromatic carbocycles. The molecule has 0 unspecified atom stereocenters. The summed E-state index contributed by atoms with van der Waals surface area (Å²) in [6.45, 7) is 6.68. The quantitative estimate of drug-likeness (QED) is 0.744. The number of rotatable bonds is 4. The molecule has 3 nitrogen and oxygen atoms in total. The number of anilines is 1. The average molecular weight is 306 g/mol. The van der Waals surface area contributed by atoms with Gasteiger partial charge in [0.15, 0.2) is 0 Å². The number of carbonyl (C=O) groups is 1. The molecule has 0 saturated heterocycles. The molecule has 0 fully saturated rings. The minimum absolute atomic E-state index is 0.00764. The minimum Gasteiger partial charge on any atom is -0.335 e. The van der Waals surface area contributed by atoms with Gasteiger partial charge in [-0.25, -0.2) is 0 Å². The number of hydrogen-bond donors (Lipinski definition) is 1. The minimum atomic E-state index is -0.00764. The zero-order valence-electron chi connectivity index (χ0n) is 13.8. The summed E-state index contributed by atoms with van der Waals surface area (Å²) in [6.07, 6.45) is 0. The maximum atomic E-state index is 12.4. The fraction of sp³-hybridized carbons (Fsp3) is 0.250. The number of hydrogen-bond acceptors (Lipinski definition) is 1. The molecule has 0 radical (unpaired) electrons. The molecule has 0 aliphatic carbocycles. The van der Waals surface area contributed by atoms with Crippen LogP contribution in [0.1, 0.15) is 31.0 Å². The molecule has 3 rings (SSSR count). The van der Waals surface area contributed by atoms with Crippen LogP contribution in [0.5, 0.6) is 0 Å². The van der Waals surface area contributed by atoms with Gasteiger partial charge in [-0.3, -0.25) is 4.79 Å². The van der Waals surface area contributed by atoms with Crippen molar-refractivity contribution in [3.05, 3.63) is 65.9 Å². The number of para-hydroxylation sites is 1. The van der Waals surface area contributed by atoms with E-state index in [4.69, 9.17) is 0 Å². The summed E-state index contributed by atoms with van der Waals surface area (Å²) in [5, 5.41) is 4.14. The highest BCUT2D eigenvalue weighted by Gasteiger charge is 2.10. The molecule has 0 atom stereocenters. The molecular weight excluding hydrogens is 284 g/mol. The van der Waals surface area contributed by atoms with Gasteiger partial charge >= 0.3 is 0 Å². The Morgan fingerprint density at radius 2 is 1.78 bits per heavy atom. The number of nitrogens with one attached hydrogen (secondary N) is 1. The Bertz CT molecular complexity index is 828. The Balaban J connectivity index is 1.75. The van der Waals surface area contributed by atoms with E-state index >= 15 is 0 Å². The molecular formula is C20H22N2O. The first-order valence-electron chi connectivity index (χ1n) is 7.99. The Morgan fingerprint density at radius 1 is 1.09 bits per heavy atom. The van der Waals surface area contributed by atoms with Crippen molar-refractivity contribution in [3.8, 4) is 0 Å². The third-order valence-corrected chi connectivity index (χ3v) is 4.18. The van der Waals surface area contributed by atoms with E-state index in [2.05, 4.69) is 43.4 Å². The monoisotopic (exact) mass is 306 g/mol. The SMILES string of the molecule is Cc1cc2ccccc2n1CC(=O)Nc1ccc(C(C)C)cc1. The summed E-state index contributed by atoms with van der Waals surface area (Å²) < 4.78 is 2.05. The van der Waals surface area contributed by atoms with Crippen LogP contribution in [0.4, 0.5) is 5.69 Å². The van der Waals surface area contributed by atoms with Gasteiger partial charge in [0.05, 0.1) is 0 Å². The smallest absolute Gasteiger partial charge is 0.244 e. The Kier molecular flexibility index (Phi) is 4.20. The molecule has 1 amide bonds. The first-order valence-corrected chi connectivity index (χ1v) is 7.99. The first-order chi connectivity index (χ1) is 11.0. The van der Waals surface area contributed by atoms with E-state index in [1.54, 1.807) is 0 Å². The van der Waals surface area contributed by atoms with Crippen LogP contribution in [0.25, 0.3) is 10.9 Å². The third-order valence-electron chi connectivity index (χ3n) is 4.18. The van der Waals surface area contributed by atoms with Gasteiger partial charge < -0.3 is 9.88 Å². The number of aryl methyl sites for hydroxylation is 1. The van der Waals surface area contributed by atoms with Gasteiger partial charge in [0, 0.05) is 16.9 Å². The van der Waals surface area contributed by atoms with Gasteiger partial charge in [0.25, 0.3) is 0 Å². The van der Waals surface area contributed by atoms with Crippen LogP contribution < -0.4 is 5.32 Å². The van der Waals surface area contributed by atoms with Gasteiger partial charge in [-0.05, 0) is 48.1 Å². The summed E-state index contributed by atoms with van der Waals surface area (Å²) >= 11 is 0. The van der Waals surface area contributed by atoms with E-state index in [0.717, 1.165) is 16.9 Å². The normalized spacial score (nSPS) is 11.1. The van der Waals surface area contributed by atoms with Gasteiger partial charge in [0.1, 0.15) is 6.54 Å².